The average molecular weight is 494 g/mol. The fraction of sp³-hybridized carbons (Fsp3) is 0.0417. The molecule has 176 valence electrons. The molecule has 0 amide bonds. The molecule has 8 nitrogen and oxygen atoms in total. The van der Waals surface area contributed by atoms with Crippen molar-refractivity contribution in [2.45, 2.75) is 4.90 Å². The Morgan fingerprint density at radius 2 is 1.74 bits per heavy atom. The number of pyridine rings is 1. The molecule has 35 heavy (non-hydrogen) atoms. The molecule has 0 fully saturated rings. The highest BCUT2D eigenvalue weighted by Gasteiger charge is 2.19. The average Bonchev–Trinajstić information content (AvgIpc) is 3.34. The molecule has 3 aromatic carbocycles. The quantitative estimate of drug-likeness (QED) is 0.352. The van der Waals surface area contributed by atoms with Gasteiger partial charge in [0.15, 0.2) is 0 Å². The SMILES string of the molecule is COc1cc(-c2cc(F)cc(F)c2)ccc1-c1nccc2cc(S(=O)(=O)Nc3nnco3)ccc12. The van der Waals surface area contributed by atoms with Crippen molar-refractivity contribution in [1.82, 2.24) is 15.2 Å². The normalized spacial score (nSPS) is 11.5. The first-order valence-electron chi connectivity index (χ1n) is 10.2. The van der Waals surface area contributed by atoms with E-state index in [1.165, 1.54) is 31.4 Å². The van der Waals surface area contributed by atoms with Crippen molar-refractivity contribution in [3.63, 3.8) is 0 Å². The van der Waals surface area contributed by atoms with Gasteiger partial charge in [-0.1, -0.05) is 17.2 Å². The van der Waals surface area contributed by atoms with Crippen LogP contribution in [0, 0.1) is 11.6 Å². The van der Waals surface area contributed by atoms with Crippen LogP contribution < -0.4 is 9.46 Å². The summed E-state index contributed by atoms with van der Waals surface area (Å²) in [5.41, 5.74) is 2.09. The number of halogens is 2. The Labute approximate surface area is 198 Å². The molecule has 0 spiro atoms. The van der Waals surface area contributed by atoms with Gasteiger partial charge < -0.3 is 9.15 Å². The molecule has 0 atom stereocenters. The summed E-state index contributed by atoms with van der Waals surface area (Å²) in [5.74, 6) is -0.932. The minimum Gasteiger partial charge on any atom is -0.496 e. The zero-order chi connectivity index (χ0) is 24.6. The van der Waals surface area contributed by atoms with E-state index in [1.807, 2.05) is 0 Å². The number of hydrogen-bond donors (Lipinski definition) is 1. The van der Waals surface area contributed by atoms with Crippen LogP contribution in [0.1, 0.15) is 0 Å². The lowest BCUT2D eigenvalue weighted by Crippen LogP contribution is -2.13. The number of anilines is 1. The van der Waals surface area contributed by atoms with Gasteiger partial charge >= 0.3 is 6.01 Å². The molecule has 2 heterocycles. The van der Waals surface area contributed by atoms with Gasteiger partial charge in [0.1, 0.15) is 17.4 Å². The molecule has 0 bridgehead atoms. The number of sulfonamides is 1. The number of fused-ring (bicyclic) bond motifs is 1. The second-order valence-corrected chi connectivity index (χ2v) is 9.15. The van der Waals surface area contributed by atoms with E-state index < -0.39 is 21.7 Å². The van der Waals surface area contributed by atoms with Crippen LogP contribution in [0.5, 0.6) is 5.75 Å². The maximum atomic E-state index is 13.7. The molecule has 11 heteroatoms. The molecular formula is C24H16F2N4O4S. The Kier molecular flexibility index (Phi) is 5.61. The smallest absolute Gasteiger partial charge is 0.329 e. The van der Waals surface area contributed by atoms with Crippen molar-refractivity contribution >= 4 is 26.8 Å². The molecule has 5 rings (SSSR count). The van der Waals surface area contributed by atoms with Gasteiger partial charge in [-0.3, -0.25) is 4.98 Å². The van der Waals surface area contributed by atoms with E-state index in [2.05, 4.69) is 19.9 Å². The predicted molar refractivity (Wildman–Crippen MR) is 124 cm³/mol. The predicted octanol–water partition coefficient (Wildman–Crippen LogP) is 5.04. The monoisotopic (exact) mass is 494 g/mol. The van der Waals surface area contributed by atoms with Crippen molar-refractivity contribution in [3.05, 3.63) is 84.9 Å². The summed E-state index contributed by atoms with van der Waals surface area (Å²) >= 11 is 0. The lowest BCUT2D eigenvalue weighted by molar-refractivity contribution is 0.416. The lowest BCUT2D eigenvalue weighted by Gasteiger charge is -2.13. The van der Waals surface area contributed by atoms with Gasteiger partial charge in [0.25, 0.3) is 10.0 Å². The van der Waals surface area contributed by atoms with Crippen LogP contribution >= 0.6 is 0 Å². The van der Waals surface area contributed by atoms with E-state index in [4.69, 9.17) is 9.15 Å². The van der Waals surface area contributed by atoms with Crippen molar-refractivity contribution in [1.29, 1.82) is 0 Å². The fourth-order valence-electron chi connectivity index (χ4n) is 3.72. The van der Waals surface area contributed by atoms with Gasteiger partial charge in [-0.05, 0) is 59.0 Å². The first kappa shape index (κ1) is 22.4. The molecule has 0 radical (unpaired) electrons. The van der Waals surface area contributed by atoms with Gasteiger partial charge in [0.05, 0.1) is 17.7 Å². The standard InChI is InChI=1S/C24H16F2N4O4S/c1-33-22-11-14(16-8-17(25)12-18(26)9-16)2-4-21(22)23-20-5-3-19(10-15(20)6-7-27-23)35(31,32)30-24-29-28-13-34-24/h2-13H,1H3,(H,29,30). The largest absolute Gasteiger partial charge is 0.496 e. The van der Waals surface area contributed by atoms with Gasteiger partial charge in [-0.15, -0.1) is 5.10 Å². The first-order valence-corrected chi connectivity index (χ1v) is 11.6. The Bertz CT molecular complexity index is 1640. The van der Waals surface area contributed by atoms with E-state index in [0.29, 0.717) is 38.9 Å². The molecule has 0 aliphatic carbocycles. The third kappa shape index (κ3) is 4.41. The van der Waals surface area contributed by atoms with Crippen molar-refractivity contribution in [2.24, 2.45) is 0 Å². The van der Waals surface area contributed by atoms with Crippen molar-refractivity contribution < 1.29 is 26.4 Å². The van der Waals surface area contributed by atoms with Crippen LogP contribution in [-0.4, -0.2) is 30.7 Å². The second kappa shape index (κ2) is 8.76. The third-order valence-electron chi connectivity index (χ3n) is 5.28. The van der Waals surface area contributed by atoms with E-state index in [9.17, 15) is 17.2 Å². The van der Waals surface area contributed by atoms with Gasteiger partial charge in [-0.2, -0.15) is 0 Å². The summed E-state index contributed by atoms with van der Waals surface area (Å²) in [6.45, 7) is 0. The van der Waals surface area contributed by atoms with Gasteiger partial charge in [0, 0.05) is 23.2 Å². The first-order chi connectivity index (χ1) is 16.8. The highest BCUT2D eigenvalue weighted by molar-refractivity contribution is 7.92. The number of benzene rings is 3. The van der Waals surface area contributed by atoms with E-state index in [1.54, 1.807) is 36.5 Å². The van der Waals surface area contributed by atoms with Gasteiger partial charge in [0.2, 0.25) is 6.39 Å². The highest BCUT2D eigenvalue weighted by Crippen LogP contribution is 2.37. The number of hydrogen-bond acceptors (Lipinski definition) is 7. The number of rotatable bonds is 6. The second-order valence-electron chi connectivity index (χ2n) is 7.47. The maximum absolute atomic E-state index is 13.7. The molecule has 2 aromatic heterocycles. The molecule has 0 saturated carbocycles. The van der Waals surface area contributed by atoms with Crippen LogP contribution in [0.25, 0.3) is 33.2 Å². The summed E-state index contributed by atoms with van der Waals surface area (Å²) in [7, 11) is -2.48. The van der Waals surface area contributed by atoms with Crippen LogP contribution in [-0.2, 0) is 10.0 Å². The Balaban J connectivity index is 1.57. The third-order valence-corrected chi connectivity index (χ3v) is 6.60. The number of ether oxygens (including phenoxy) is 1. The molecule has 1 N–H and O–H groups in total. The Morgan fingerprint density at radius 1 is 0.943 bits per heavy atom. The summed E-state index contributed by atoms with van der Waals surface area (Å²) in [6, 6.07) is 14.4. The van der Waals surface area contributed by atoms with E-state index >= 15 is 0 Å². The van der Waals surface area contributed by atoms with Crippen LogP contribution in [0.4, 0.5) is 14.8 Å². The molecule has 0 saturated heterocycles. The fourth-order valence-corrected chi connectivity index (χ4v) is 4.68. The molecule has 5 aromatic rings. The zero-order valence-electron chi connectivity index (χ0n) is 18.1. The van der Waals surface area contributed by atoms with Crippen molar-refractivity contribution in [3.8, 4) is 28.1 Å². The van der Waals surface area contributed by atoms with E-state index in [0.717, 1.165) is 12.5 Å². The number of nitrogens with one attached hydrogen (secondary N) is 1. The number of methoxy groups -OCH3 is 1. The number of nitrogens with zero attached hydrogens (tertiary/aromatic N) is 3. The Morgan fingerprint density at radius 3 is 2.46 bits per heavy atom. The van der Waals surface area contributed by atoms with Crippen LogP contribution in [0.2, 0.25) is 0 Å². The summed E-state index contributed by atoms with van der Waals surface area (Å²) in [4.78, 5) is 4.47. The Hall–Kier alpha value is -4.38. The zero-order valence-corrected chi connectivity index (χ0v) is 18.9. The minimum absolute atomic E-state index is 0.00389. The molecule has 0 aliphatic rings. The summed E-state index contributed by atoms with van der Waals surface area (Å²) in [5, 5.41) is 8.26. The highest BCUT2D eigenvalue weighted by atomic mass is 32.2. The van der Waals surface area contributed by atoms with Crippen molar-refractivity contribution in [2.75, 3.05) is 11.8 Å². The van der Waals surface area contributed by atoms with Crippen LogP contribution in [0.15, 0.2) is 82.6 Å². The molecular weight excluding hydrogens is 478 g/mol. The molecule has 0 unspecified atom stereocenters. The van der Waals surface area contributed by atoms with E-state index in [-0.39, 0.29) is 10.9 Å². The van der Waals surface area contributed by atoms with Gasteiger partial charge in [-0.25, -0.2) is 21.9 Å². The molecule has 0 aliphatic heterocycles. The lowest BCUT2D eigenvalue weighted by atomic mass is 9.99. The number of aromatic nitrogens is 3. The van der Waals surface area contributed by atoms with Crippen LogP contribution in [0.3, 0.4) is 0 Å². The maximum Gasteiger partial charge on any atom is 0.329 e. The summed E-state index contributed by atoms with van der Waals surface area (Å²) < 4.78 is 65.4. The topological polar surface area (TPSA) is 107 Å². The summed E-state index contributed by atoms with van der Waals surface area (Å²) in [6.07, 6.45) is 2.56. The minimum atomic E-state index is -3.96.